The van der Waals surface area contributed by atoms with E-state index in [1.165, 1.54) is 81.8 Å². The highest BCUT2D eigenvalue weighted by atomic mass is 16.5. The van der Waals surface area contributed by atoms with Crippen molar-refractivity contribution < 1.29 is 9.53 Å². The van der Waals surface area contributed by atoms with E-state index in [4.69, 9.17) is 4.74 Å². The first kappa shape index (κ1) is 37.2. The van der Waals surface area contributed by atoms with Gasteiger partial charge >= 0.3 is 5.97 Å². The second-order valence-corrected chi connectivity index (χ2v) is 18.4. The van der Waals surface area contributed by atoms with Gasteiger partial charge in [-0.05, 0) is 137 Å². The summed E-state index contributed by atoms with van der Waals surface area (Å²) in [6.07, 6.45) is 35.4. The molecule has 5 unspecified atom stereocenters. The summed E-state index contributed by atoms with van der Waals surface area (Å²) in [6.45, 7) is 21.3. The molecule has 0 saturated heterocycles. The highest BCUT2D eigenvalue weighted by molar-refractivity contribution is 5.83. The molecule has 0 aromatic carbocycles. The third-order valence-corrected chi connectivity index (χ3v) is 14.2. The predicted octanol–water partition coefficient (Wildman–Crippen LogP) is 13.1. The monoisotopic (exact) mass is 655 g/mol. The Labute approximate surface area is 295 Å². The smallest absolute Gasteiger partial charge is 0.331 e. The minimum absolute atomic E-state index is 0.00364. The third-order valence-electron chi connectivity index (χ3n) is 14.2. The van der Waals surface area contributed by atoms with Crippen molar-refractivity contribution in [2.45, 2.75) is 158 Å². The number of allylic oxidation sites excluding steroid dienone is 10. The molecule has 0 bridgehead atoms. The Kier molecular flexibility index (Phi) is 11.9. The first-order valence-corrected chi connectivity index (χ1v) is 20.0. The Morgan fingerprint density at radius 1 is 0.958 bits per heavy atom. The van der Waals surface area contributed by atoms with E-state index in [0.29, 0.717) is 5.41 Å². The summed E-state index contributed by atoms with van der Waals surface area (Å²) in [6, 6.07) is 0. The Morgan fingerprint density at radius 2 is 1.75 bits per heavy atom. The van der Waals surface area contributed by atoms with Gasteiger partial charge in [-0.15, -0.1) is 0 Å². The summed E-state index contributed by atoms with van der Waals surface area (Å²) in [4.78, 5) is 13.0. The van der Waals surface area contributed by atoms with Crippen LogP contribution in [0.3, 0.4) is 0 Å². The molecule has 266 valence electrons. The quantitative estimate of drug-likeness (QED) is 0.0959. The van der Waals surface area contributed by atoms with Crippen LogP contribution in [0.1, 0.15) is 152 Å². The molecule has 9 atom stereocenters. The fourth-order valence-electron chi connectivity index (χ4n) is 11.5. The van der Waals surface area contributed by atoms with Crippen LogP contribution in [0, 0.1) is 51.8 Å². The Morgan fingerprint density at radius 3 is 2.50 bits per heavy atom. The van der Waals surface area contributed by atoms with E-state index in [1.807, 2.05) is 19.1 Å². The van der Waals surface area contributed by atoms with Crippen molar-refractivity contribution >= 4 is 5.97 Å². The molecule has 3 fully saturated rings. The first-order valence-electron chi connectivity index (χ1n) is 20.0. The summed E-state index contributed by atoms with van der Waals surface area (Å²) in [5.41, 5.74) is 6.21. The number of esters is 1. The molecular weight excluding hydrogens is 585 g/mol. The second kappa shape index (κ2) is 15.4. The zero-order chi connectivity index (χ0) is 34.7. The van der Waals surface area contributed by atoms with Crippen LogP contribution < -0.4 is 0 Å². The fraction of sp³-hybridized carbons (Fsp3) is 0.717. The molecule has 0 amide bonds. The number of rotatable bonds is 11. The molecule has 0 aliphatic heterocycles. The molecule has 0 N–H and O–H groups in total. The molecule has 0 heterocycles. The zero-order valence-corrected chi connectivity index (χ0v) is 32.4. The lowest BCUT2D eigenvalue weighted by atomic mass is 9.47. The molecule has 5 rings (SSSR count). The maximum Gasteiger partial charge on any atom is 0.331 e. The predicted molar refractivity (Wildman–Crippen MR) is 204 cm³/mol. The SMILES string of the molecule is CC1=CC(C)(/C=C/C(C)=C/C=C/C(C)=C/C(=O)O[C@H]2CC[C@@]3(C)C(=CCC4C5CCC([C@H](C)CCCC(C)C)[C@@]5(C)CCC43)C2)CCC1. The topological polar surface area (TPSA) is 26.3 Å². The van der Waals surface area contributed by atoms with Crippen molar-refractivity contribution in [2.75, 3.05) is 0 Å². The summed E-state index contributed by atoms with van der Waals surface area (Å²) in [7, 11) is 0. The van der Waals surface area contributed by atoms with Crippen molar-refractivity contribution in [3.05, 3.63) is 70.9 Å². The van der Waals surface area contributed by atoms with Crippen LogP contribution in [0.2, 0.25) is 0 Å². The van der Waals surface area contributed by atoms with Crippen LogP contribution >= 0.6 is 0 Å². The largest absolute Gasteiger partial charge is 0.459 e. The lowest BCUT2D eigenvalue weighted by molar-refractivity contribution is -0.145. The van der Waals surface area contributed by atoms with Gasteiger partial charge < -0.3 is 4.74 Å². The fourth-order valence-corrected chi connectivity index (χ4v) is 11.5. The van der Waals surface area contributed by atoms with Gasteiger partial charge in [-0.1, -0.05) is 120 Å². The van der Waals surface area contributed by atoms with Crippen LogP contribution in [0.15, 0.2) is 70.9 Å². The number of carbonyl (C=O) groups excluding carboxylic acids is 1. The van der Waals surface area contributed by atoms with Crippen LogP contribution in [0.25, 0.3) is 0 Å². The third kappa shape index (κ3) is 8.43. The van der Waals surface area contributed by atoms with Gasteiger partial charge in [0.15, 0.2) is 0 Å². The van der Waals surface area contributed by atoms with Crippen LogP contribution in [0.4, 0.5) is 0 Å². The van der Waals surface area contributed by atoms with E-state index in [9.17, 15) is 4.79 Å². The Balaban J connectivity index is 1.14. The van der Waals surface area contributed by atoms with Crippen molar-refractivity contribution in [2.24, 2.45) is 51.8 Å². The number of fused-ring (bicyclic) bond motifs is 5. The maximum absolute atomic E-state index is 13.0. The van der Waals surface area contributed by atoms with Gasteiger partial charge in [-0.2, -0.15) is 0 Å². The molecule has 5 aliphatic rings. The summed E-state index contributed by atoms with van der Waals surface area (Å²) >= 11 is 0. The van der Waals surface area contributed by atoms with Crippen LogP contribution in [-0.4, -0.2) is 12.1 Å². The number of hydrogen-bond acceptors (Lipinski definition) is 2. The van der Waals surface area contributed by atoms with Gasteiger partial charge in [0, 0.05) is 17.9 Å². The van der Waals surface area contributed by atoms with Crippen molar-refractivity contribution in [1.29, 1.82) is 0 Å². The molecule has 0 aromatic rings. The molecule has 48 heavy (non-hydrogen) atoms. The molecular formula is C46H70O2. The minimum atomic E-state index is -0.194. The summed E-state index contributed by atoms with van der Waals surface area (Å²) in [5, 5.41) is 0. The van der Waals surface area contributed by atoms with E-state index < -0.39 is 0 Å². The normalized spacial score (nSPS) is 38.0. The van der Waals surface area contributed by atoms with Crippen LogP contribution in [-0.2, 0) is 9.53 Å². The zero-order valence-electron chi connectivity index (χ0n) is 32.4. The van der Waals surface area contributed by atoms with Gasteiger partial charge in [0.25, 0.3) is 0 Å². The average Bonchev–Trinajstić information content (AvgIpc) is 3.37. The summed E-state index contributed by atoms with van der Waals surface area (Å²) < 4.78 is 6.10. The Hall–Kier alpha value is -2.09. The van der Waals surface area contributed by atoms with E-state index >= 15 is 0 Å². The molecule has 3 saturated carbocycles. The van der Waals surface area contributed by atoms with E-state index in [1.54, 1.807) is 11.6 Å². The van der Waals surface area contributed by atoms with Crippen molar-refractivity contribution in [1.82, 2.24) is 0 Å². The lowest BCUT2D eigenvalue weighted by Crippen LogP contribution is -2.51. The van der Waals surface area contributed by atoms with Gasteiger partial charge in [-0.3, -0.25) is 0 Å². The van der Waals surface area contributed by atoms with E-state index in [0.717, 1.165) is 60.3 Å². The van der Waals surface area contributed by atoms with Gasteiger partial charge in [0.1, 0.15) is 6.10 Å². The van der Waals surface area contributed by atoms with Gasteiger partial charge in [-0.25, -0.2) is 4.79 Å². The highest BCUT2D eigenvalue weighted by Gasteiger charge is 2.59. The molecule has 0 radical (unpaired) electrons. The minimum Gasteiger partial charge on any atom is -0.459 e. The Bertz CT molecular complexity index is 1340. The standard InChI is InChI=1S/C46H70O2/c1-32(2)13-10-17-36(6)40-20-21-41-39-19-18-37-30-38(23-27-45(37,8)42(39)24-28-46(40,41)9)48-43(47)29-34(4)15-11-14-33(3)22-26-44(7)25-12-16-35(5)31-44/h11,14-15,18,22,26,29,31-32,36,38-42H,10,12-13,16-17,19-21,23-25,27-28,30H2,1-9H3/b15-11+,26-22+,33-14+,34-29+/t36-,38+,39?,40?,41?,42?,44?,45+,46-/m1/s1. The highest BCUT2D eigenvalue weighted by Crippen LogP contribution is 2.67. The second-order valence-electron chi connectivity index (χ2n) is 18.4. The maximum atomic E-state index is 13.0. The summed E-state index contributed by atoms with van der Waals surface area (Å²) in [5.74, 6) is 4.92. The van der Waals surface area contributed by atoms with Crippen molar-refractivity contribution in [3.63, 3.8) is 0 Å². The van der Waals surface area contributed by atoms with Crippen molar-refractivity contribution in [3.8, 4) is 0 Å². The molecule has 2 heteroatoms. The number of ether oxygens (including phenoxy) is 1. The number of hydrogen-bond donors (Lipinski definition) is 0. The van der Waals surface area contributed by atoms with Crippen LogP contribution in [0.5, 0.6) is 0 Å². The lowest BCUT2D eigenvalue weighted by Gasteiger charge is -2.58. The van der Waals surface area contributed by atoms with E-state index in [-0.39, 0.29) is 22.9 Å². The van der Waals surface area contributed by atoms with E-state index in [2.05, 4.69) is 85.8 Å². The van der Waals surface area contributed by atoms with Gasteiger partial charge in [0.2, 0.25) is 0 Å². The first-order chi connectivity index (χ1) is 22.7. The molecule has 5 aliphatic carbocycles. The van der Waals surface area contributed by atoms with Gasteiger partial charge in [0.05, 0.1) is 0 Å². The average molecular weight is 655 g/mol. The number of carbonyl (C=O) groups is 1. The molecule has 2 nitrogen and oxygen atoms in total. The molecule has 0 aromatic heterocycles. The molecule has 0 spiro atoms.